The number of carbonyl (C=O) groups excluding carboxylic acids is 1. The fourth-order valence-electron chi connectivity index (χ4n) is 1.33. The molecule has 3 heteroatoms. The molecule has 18 heavy (non-hydrogen) atoms. The van der Waals surface area contributed by atoms with E-state index in [2.05, 4.69) is 20.8 Å². The maximum absolute atomic E-state index is 11.4. The van der Waals surface area contributed by atoms with Crippen molar-refractivity contribution in [1.82, 2.24) is 0 Å². The van der Waals surface area contributed by atoms with Gasteiger partial charge in [-0.25, -0.2) is 4.79 Å². The second-order valence-electron chi connectivity index (χ2n) is 5.48. The Bertz CT molecular complexity index is 430. The molecule has 3 nitrogen and oxygen atoms in total. The van der Waals surface area contributed by atoms with Crippen molar-refractivity contribution in [3.8, 4) is 0 Å². The first-order chi connectivity index (χ1) is 8.37. The third-order valence-corrected chi connectivity index (χ3v) is 2.42. The predicted molar refractivity (Wildman–Crippen MR) is 74.9 cm³/mol. The Balaban J connectivity index is 2.40. The van der Waals surface area contributed by atoms with Crippen molar-refractivity contribution in [3.63, 3.8) is 0 Å². The van der Waals surface area contributed by atoms with Crippen LogP contribution in [0.3, 0.4) is 0 Å². The zero-order valence-electron chi connectivity index (χ0n) is 11.3. The molecule has 98 valence electrons. The van der Waals surface area contributed by atoms with Gasteiger partial charge in [-0.05, 0) is 35.6 Å². The molecule has 0 aliphatic heterocycles. The summed E-state index contributed by atoms with van der Waals surface area (Å²) in [4.78, 5) is 11.4. The van der Waals surface area contributed by atoms with E-state index in [1.807, 2.05) is 12.1 Å². The van der Waals surface area contributed by atoms with Crippen molar-refractivity contribution in [2.24, 2.45) is 5.41 Å². The molecule has 1 aromatic rings. The average Bonchev–Trinajstić information content (AvgIpc) is 2.25. The van der Waals surface area contributed by atoms with E-state index in [0.29, 0.717) is 12.3 Å². The monoisotopic (exact) mass is 247 g/mol. The predicted octanol–water partition coefficient (Wildman–Crippen LogP) is 3.26. The van der Waals surface area contributed by atoms with E-state index in [0.717, 1.165) is 12.0 Å². The molecule has 0 saturated heterocycles. The van der Waals surface area contributed by atoms with Crippen molar-refractivity contribution in [2.45, 2.75) is 27.2 Å². The Labute approximate surface area is 109 Å². The van der Waals surface area contributed by atoms with Crippen LogP contribution < -0.4 is 5.73 Å². The van der Waals surface area contributed by atoms with E-state index in [1.54, 1.807) is 18.2 Å². The van der Waals surface area contributed by atoms with Gasteiger partial charge in [0.2, 0.25) is 0 Å². The van der Waals surface area contributed by atoms with Gasteiger partial charge < -0.3 is 10.5 Å². The summed E-state index contributed by atoms with van der Waals surface area (Å²) in [6.45, 7) is 6.79. The summed E-state index contributed by atoms with van der Waals surface area (Å²) in [6.07, 6.45) is 3.98. The number of esters is 1. The average molecular weight is 247 g/mol. The molecule has 1 rings (SSSR count). The van der Waals surface area contributed by atoms with Gasteiger partial charge in [-0.1, -0.05) is 32.9 Å². The van der Waals surface area contributed by atoms with Crippen molar-refractivity contribution in [2.75, 3.05) is 12.3 Å². The molecule has 0 bridgehead atoms. The lowest BCUT2D eigenvalue weighted by atomic mass is 9.93. The first kappa shape index (κ1) is 14.3. The van der Waals surface area contributed by atoms with Gasteiger partial charge in [0.1, 0.15) is 0 Å². The van der Waals surface area contributed by atoms with E-state index in [-0.39, 0.29) is 11.4 Å². The highest BCUT2D eigenvalue weighted by molar-refractivity contribution is 5.87. The molecule has 0 unspecified atom stereocenters. The molecule has 2 N–H and O–H groups in total. The lowest BCUT2D eigenvalue weighted by molar-refractivity contribution is -0.138. The number of ether oxygens (including phenoxy) is 1. The van der Waals surface area contributed by atoms with Crippen LogP contribution in [0, 0.1) is 5.41 Å². The summed E-state index contributed by atoms with van der Waals surface area (Å²) in [5, 5.41) is 0. The highest BCUT2D eigenvalue weighted by atomic mass is 16.5. The lowest BCUT2D eigenvalue weighted by Crippen LogP contribution is -2.11. The molecule has 0 atom stereocenters. The smallest absolute Gasteiger partial charge is 0.330 e. The van der Waals surface area contributed by atoms with Crippen molar-refractivity contribution in [1.29, 1.82) is 0 Å². The van der Waals surface area contributed by atoms with Crippen molar-refractivity contribution >= 4 is 17.7 Å². The molecule has 0 aliphatic carbocycles. The third-order valence-electron chi connectivity index (χ3n) is 2.42. The second-order valence-corrected chi connectivity index (χ2v) is 5.48. The SMILES string of the molecule is CC(C)(C)CCOC(=O)/C=C/c1cccc(N)c1. The number of nitrogens with two attached hydrogens (primary N) is 1. The summed E-state index contributed by atoms with van der Waals surface area (Å²) in [6, 6.07) is 7.34. The van der Waals surface area contributed by atoms with Crippen LogP contribution in [0.2, 0.25) is 0 Å². The number of benzene rings is 1. The van der Waals surface area contributed by atoms with E-state index >= 15 is 0 Å². The first-order valence-electron chi connectivity index (χ1n) is 6.07. The van der Waals surface area contributed by atoms with Gasteiger partial charge in [-0.2, -0.15) is 0 Å². The Morgan fingerprint density at radius 2 is 2.11 bits per heavy atom. The standard InChI is InChI=1S/C15H21NO2/c1-15(2,3)9-10-18-14(17)8-7-12-5-4-6-13(16)11-12/h4-8,11H,9-10,16H2,1-3H3/b8-7+. The van der Waals surface area contributed by atoms with Crippen LogP contribution in [0.4, 0.5) is 5.69 Å². The van der Waals surface area contributed by atoms with Crippen LogP contribution in [0.15, 0.2) is 30.3 Å². The fourth-order valence-corrected chi connectivity index (χ4v) is 1.33. The van der Waals surface area contributed by atoms with E-state index in [9.17, 15) is 4.79 Å². The number of nitrogen functional groups attached to an aromatic ring is 1. The van der Waals surface area contributed by atoms with Crippen LogP contribution in [0.5, 0.6) is 0 Å². The molecule has 0 spiro atoms. The summed E-state index contributed by atoms with van der Waals surface area (Å²) in [5.74, 6) is -0.318. The zero-order chi connectivity index (χ0) is 13.6. The summed E-state index contributed by atoms with van der Waals surface area (Å²) in [7, 11) is 0. The third kappa shape index (κ3) is 6.09. The number of carbonyl (C=O) groups is 1. The Kier molecular flexibility index (Phi) is 4.95. The Hall–Kier alpha value is -1.77. The lowest BCUT2D eigenvalue weighted by Gasteiger charge is -2.16. The number of rotatable bonds is 4. The zero-order valence-corrected chi connectivity index (χ0v) is 11.3. The van der Waals surface area contributed by atoms with E-state index in [4.69, 9.17) is 10.5 Å². The molecule has 0 radical (unpaired) electrons. The number of hydrogen-bond donors (Lipinski definition) is 1. The molecule has 0 saturated carbocycles. The van der Waals surface area contributed by atoms with Gasteiger partial charge in [0.05, 0.1) is 6.61 Å². The Morgan fingerprint density at radius 1 is 1.39 bits per heavy atom. The summed E-state index contributed by atoms with van der Waals surface area (Å²) < 4.78 is 5.11. The van der Waals surface area contributed by atoms with Crippen molar-refractivity contribution in [3.05, 3.63) is 35.9 Å². The molecular weight excluding hydrogens is 226 g/mol. The molecule has 0 amide bonds. The molecule has 0 aliphatic rings. The molecule has 1 aromatic carbocycles. The summed E-state index contributed by atoms with van der Waals surface area (Å²) >= 11 is 0. The van der Waals surface area contributed by atoms with Gasteiger partial charge in [-0.15, -0.1) is 0 Å². The topological polar surface area (TPSA) is 52.3 Å². The number of hydrogen-bond acceptors (Lipinski definition) is 3. The van der Waals surface area contributed by atoms with Crippen LogP contribution in [-0.2, 0) is 9.53 Å². The highest BCUT2D eigenvalue weighted by Gasteiger charge is 2.10. The largest absolute Gasteiger partial charge is 0.463 e. The van der Waals surface area contributed by atoms with E-state index < -0.39 is 0 Å². The van der Waals surface area contributed by atoms with Gasteiger partial charge in [-0.3, -0.25) is 0 Å². The maximum atomic E-state index is 11.4. The molecule has 0 heterocycles. The van der Waals surface area contributed by atoms with Crippen molar-refractivity contribution < 1.29 is 9.53 Å². The van der Waals surface area contributed by atoms with Crippen LogP contribution in [-0.4, -0.2) is 12.6 Å². The van der Waals surface area contributed by atoms with Gasteiger partial charge >= 0.3 is 5.97 Å². The van der Waals surface area contributed by atoms with Gasteiger partial charge in [0.15, 0.2) is 0 Å². The van der Waals surface area contributed by atoms with Gasteiger partial charge in [0.25, 0.3) is 0 Å². The molecule has 0 aromatic heterocycles. The first-order valence-corrected chi connectivity index (χ1v) is 6.07. The Morgan fingerprint density at radius 3 is 2.72 bits per heavy atom. The summed E-state index contributed by atoms with van der Waals surface area (Å²) in [5.41, 5.74) is 7.39. The van der Waals surface area contributed by atoms with Crippen LogP contribution in [0.25, 0.3) is 6.08 Å². The minimum absolute atomic E-state index is 0.178. The molecule has 0 fully saturated rings. The minimum Gasteiger partial charge on any atom is -0.463 e. The fraction of sp³-hybridized carbons (Fsp3) is 0.400. The maximum Gasteiger partial charge on any atom is 0.330 e. The van der Waals surface area contributed by atoms with Crippen LogP contribution >= 0.6 is 0 Å². The minimum atomic E-state index is -0.318. The van der Waals surface area contributed by atoms with Gasteiger partial charge in [0, 0.05) is 11.8 Å². The molecular formula is C15H21NO2. The normalized spacial score (nSPS) is 11.7. The quantitative estimate of drug-likeness (QED) is 0.505. The highest BCUT2D eigenvalue weighted by Crippen LogP contribution is 2.18. The number of anilines is 1. The van der Waals surface area contributed by atoms with Crippen LogP contribution in [0.1, 0.15) is 32.8 Å². The van der Waals surface area contributed by atoms with E-state index in [1.165, 1.54) is 6.08 Å². The second kappa shape index (κ2) is 6.24.